The topological polar surface area (TPSA) is 38.0 Å². The zero-order chi connectivity index (χ0) is 6.91. The largest absolute Gasteiger partial charge is 0.361 e. The Kier molecular flexibility index (Phi) is 2.18. The van der Waals surface area contributed by atoms with Crippen molar-refractivity contribution in [1.29, 1.82) is 0 Å². The fraction of sp³-hybridized carbons (Fsp3) is 0.200. The van der Waals surface area contributed by atoms with Gasteiger partial charge in [-0.2, -0.15) is 0 Å². The number of halogens is 2. The molecular weight excluding hydrogens is 295 g/mol. The third kappa shape index (κ3) is 1.68. The summed E-state index contributed by atoms with van der Waals surface area (Å²) in [5, 5.41) is 2.95. The summed E-state index contributed by atoms with van der Waals surface area (Å²) < 4.78 is 0.505. The predicted octanol–water partition coefficient (Wildman–Crippen LogP) is 1.43. The molecule has 9 heavy (non-hydrogen) atoms. The Morgan fingerprint density at radius 2 is 2.44 bits per heavy atom. The lowest BCUT2D eigenvalue weighted by molar-refractivity contribution is 0.677. The molecule has 50 valence electrons. The number of nitrogens with one attached hydrogen (secondary N) is 1. The maximum atomic E-state index is 5.70. The molecule has 0 aromatic heterocycles. The number of alkyl halides is 1. The monoisotopic (exact) mass is 300 g/mol. The number of rotatable bonds is 0. The number of hydrogen-bond donors (Lipinski definition) is 2. The van der Waals surface area contributed by atoms with Crippen molar-refractivity contribution in [3.05, 3.63) is 21.9 Å². The molecule has 0 aromatic rings. The first kappa shape index (κ1) is 7.56. The zero-order valence-electron chi connectivity index (χ0n) is 4.57. The summed E-state index contributed by atoms with van der Waals surface area (Å²) in [7, 11) is 0. The molecule has 0 amide bonds. The zero-order valence-corrected chi connectivity index (χ0v) is 8.31. The van der Waals surface area contributed by atoms with Crippen LogP contribution in [0.25, 0.3) is 0 Å². The molecule has 0 aromatic carbocycles. The van der Waals surface area contributed by atoms with E-state index in [0.717, 1.165) is 3.58 Å². The van der Waals surface area contributed by atoms with Crippen LogP contribution in [-0.2, 0) is 0 Å². The highest BCUT2D eigenvalue weighted by molar-refractivity contribution is 14.1. The highest BCUT2D eigenvalue weighted by Gasteiger charge is 2.23. The van der Waals surface area contributed by atoms with Crippen molar-refractivity contribution >= 4 is 38.5 Å². The molecule has 1 rings (SSSR count). The number of dihydropyridines is 1. The minimum absolute atomic E-state index is 0.539. The molecule has 0 radical (unpaired) electrons. The number of hydrogen-bond acceptors (Lipinski definition) is 2. The molecule has 1 atom stereocenters. The Labute approximate surface area is 75.8 Å². The average molecular weight is 301 g/mol. The van der Waals surface area contributed by atoms with E-state index in [-0.39, 0.29) is 0 Å². The second-order valence-corrected chi connectivity index (χ2v) is 4.14. The van der Waals surface area contributed by atoms with Gasteiger partial charge in [-0.1, -0.05) is 0 Å². The van der Waals surface area contributed by atoms with Crippen LogP contribution in [0.4, 0.5) is 0 Å². The minimum atomic E-state index is -0.539. The molecule has 0 fully saturated rings. The van der Waals surface area contributed by atoms with Gasteiger partial charge in [0.1, 0.15) is 0 Å². The third-order valence-corrected chi connectivity index (χ3v) is 3.59. The quantitative estimate of drug-likeness (QED) is 0.403. The summed E-state index contributed by atoms with van der Waals surface area (Å²) in [6, 6.07) is 0. The van der Waals surface area contributed by atoms with Crippen LogP contribution in [0.5, 0.6) is 0 Å². The van der Waals surface area contributed by atoms with E-state index in [0.29, 0.717) is 0 Å². The summed E-state index contributed by atoms with van der Waals surface area (Å²) in [6.07, 6.45) is 5.66. The molecule has 0 saturated heterocycles. The van der Waals surface area contributed by atoms with E-state index in [1.54, 1.807) is 6.20 Å². The van der Waals surface area contributed by atoms with Gasteiger partial charge >= 0.3 is 0 Å². The first-order valence-electron chi connectivity index (χ1n) is 2.41. The van der Waals surface area contributed by atoms with Gasteiger partial charge in [0.05, 0.1) is 0 Å². The average Bonchev–Trinajstić information content (AvgIpc) is 1.77. The van der Waals surface area contributed by atoms with Gasteiger partial charge in [0.2, 0.25) is 0 Å². The molecule has 1 aliphatic heterocycles. The standard InChI is InChI=1S/C5H6BrIN2/c6-5(8)4(7)2-1-3-9-5/h1-3,9H,8H2. The van der Waals surface area contributed by atoms with Crippen LogP contribution in [0.15, 0.2) is 21.9 Å². The van der Waals surface area contributed by atoms with Crippen LogP contribution in [0.3, 0.4) is 0 Å². The lowest BCUT2D eigenvalue weighted by Crippen LogP contribution is -2.46. The summed E-state index contributed by atoms with van der Waals surface area (Å²) >= 11 is 5.47. The van der Waals surface area contributed by atoms with Crippen LogP contribution < -0.4 is 11.1 Å². The van der Waals surface area contributed by atoms with E-state index in [1.165, 1.54) is 0 Å². The summed E-state index contributed by atoms with van der Waals surface area (Å²) in [6.45, 7) is 0. The second kappa shape index (κ2) is 2.59. The Hall–Kier alpha value is 0.450. The van der Waals surface area contributed by atoms with E-state index in [9.17, 15) is 0 Å². The van der Waals surface area contributed by atoms with Crippen molar-refractivity contribution in [2.45, 2.75) is 4.57 Å². The van der Waals surface area contributed by atoms with Crippen molar-refractivity contribution in [2.24, 2.45) is 5.73 Å². The summed E-state index contributed by atoms with van der Waals surface area (Å²) in [5.74, 6) is 0. The molecular formula is C5H6BrIN2. The van der Waals surface area contributed by atoms with Gasteiger partial charge in [-0.25, -0.2) is 0 Å². The van der Waals surface area contributed by atoms with E-state index in [4.69, 9.17) is 5.73 Å². The molecule has 2 nitrogen and oxygen atoms in total. The van der Waals surface area contributed by atoms with Crippen LogP contribution in [0.2, 0.25) is 0 Å². The van der Waals surface area contributed by atoms with Crippen molar-refractivity contribution < 1.29 is 0 Å². The summed E-state index contributed by atoms with van der Waals surface area (Å²) in [5.41, 5.74) is 5.70. The van der Waals surface area contributed by atoms with Gasteiger partial charge in [-0.05, 0) is 56.9 Å². The van der Waals surface area contributed by atoms with E-state index in [1.807, 2.05) is 12.2 Å². The lowest BCUT2D eigenvalue weighted by atomic mass is 10.3. The minimum Gasteiger partial charge on any atom is -0.361 e. The van der Waals surface area contributed by atoms with Gasteiger partial charge in [0, 0.05) is 3.58 Å². The molecule has 1 unspecified atom stereocenters. The Morgan fingerprint density at radius 3 is 2.78 bits per heavy atom. The Morgan fingerprint density at radius 1 is 1.78 bits per heavy atom. The van der Waals surface area contributed by atoms with E-state index >= 15 is 0 Å². The molecule has 0 aliphatic carbocycles. The number of nitrogens with two attached hydrogens (primary N) is 1. The van der Waals surface area contributed by atoms with Gasteiger partial charge in [0.15, 0.2) is 4.57 Å². The lowest BCUT2D eigenvalue weighted by Gasteiger charge is -2.24. The van der Waals surface area contributed by atoms with Crippen LogP contribution in [0, 0.1) is 0 Å². The highest BCUT2D eigenvalue weighted by Crippen LogP contribution is 2.26. The Balaban J connectivity index is 2.83. The number of allylic oxidation sites excluding steroid dienone is 2. The van der Waals surface area contributed by atoms with Crippen LogP contribution >= 0.6 is 38.5 Å². The van der Waals surface area contributed by atoms with Crippen molar-refractivity contribution in [3.8, 4) is 0 Å². The first-order chi connectivity index (χ1) is 4.13. The van der Waals surface area contributed by atoms with Gasteiger partial charge in [0.25, 0.3) is 0 Å². The fourth-order valence-corrected chi connectivity index (χ4v) is 1.12. The van der Waals surface area contributed by atoms with E-state index in [2.05, 4.69) is 43.8 Å². The third-order valence-electron chi connectivity index (χ3n) is 0.980. The first-order valence-corrected chi connectivity index (χ1v) is 4.28. The van der Waals surface area contributed by atoms with Crippen molar-refractivity contribution in [3.63, 3.8) is 0 Å². The van der Waals surface area contributed by atoms with Gasteiger partial charge in [-0.15, -0.1) is 0 Å². The maximum Gasteiger partial charge on any atom is 0.175 e. The highest BCUT2D eigenvalue weighted by atomic mass is 127. The SMILES string of the molecule is NC1(Br)NC=CC=C1I. The smallest absolute Gasteiger partial charge is 0.175 e. The Bertz CT molecular complexity index is 174. The molecule has 3 N–H and O–H groups in total. The molecule has 1 aliphatic rings. The van der Waals surface area contributed by atoms with Gasteiger partial charge < -0.3 is 5.32 Å². The van der Waals surface area contributed by atoms with Crippen molar-refractivity contribution in [2.75, 3.05) is 0 Å². The second-order valence-electron chi connectivity index (χ2n) is 1.73. The maximum absolute atomic E-state index is 5.70. The van der Waals surface area contributed by atoms with Crippen LogP contribution in [-0.4, -0.2) is 4.57 Å². The van der Waals surface area contributed by atoms with Crippen LogP contribution in [0.1, 0.15) is 0 Å². The normalized spacial score (nSPS) is 33.4. The predicted molar refractivity (Wildman–Crippen MR) is 50.2 cm³/mol. The van der Waals surface area contributed by atoms with Crippen molar-refractivity contribution in [1.82, 2.24) is 5.32 Å². The summed E-state index contributed by atoms with van der Waals surface area (Å²) in [4.78, 5) is 0. The molecule has 0 saturated carbocycles. The fourth-order valence-electron chi connectivity index (χ4n) is 0.492. The molecule has 4 heteroatoms. The molecule has 0 spiro atoms. The molecule has 0 bridgehead atoms. The van der Waals surface area contributed by atoms with E-state index < -0.39 is 4.57 Å². The van der Waals surface area contributed by atoms with Gasteiger partial charge in [-0.3, -0.25) is 5.73 Å². The molecule has 1 heterocycles.